The van der Waals surface area contributed by atoms with Crippen LogP contribution in [-0.4, -0.2) is 34.7 Å². The van der Waals surface area contributed by atoms with Gasteiger partial charge in [0.15, 0.2) is 9.84 Å². The van der Waals surface area contributed by atoms with Gasteiger partial charge in [0.1, 0.15) is 0 Å². The molecular weight excluding hydrogens is 312 g/mol. The van der Waals surface area contributed by atoms with Crippen molar-refractivity contribution < 1.29 is 13.5 Å². The number of aliphatic hydroxyl groups excluding tert-OH is 1. The zero-order valence-corrected chi connectivity index (χ0v) is 14.3. The van der Waals surface area contributed by atoms with Gasteiger partial charge in [-0.1, -0.05) is 12.1 Å². The van der Waals surface area contributed by atoms with Crippen LogP contribution >= 0.6 is 0 Å². The van der Waals surface area contributed by atoms with Gasteiger partial charge in [0.25, 0.3) is 0 Å². The molecule has 0 radical (unpaired) electrons. The smallest absolute Gasteiger partial charge is 0.180 e. The van der Waals surface area contributed by atoms with Crippen LogP contribution in [0.3, 0.4) is 0 Å². The number of rotatable bonds is 4. The number of aryl methyl sites for hydroxylation is 1. The number of benzene rings is 1. The van der Waals surface area contributed by atoms with Crippen LogP contribution in [0, 0.1) is 0 Å². The second-order valence-electron chi connectivity index (χ2n) is 6.41. The van der Waals surface area contributed by atoms with E-state index in [1.54, 1.807) is 26.0 Å². The van der Waals surface area contributed by atoms with E-state index in [-0.39, 0.29) is 6.10 Å². The molecule has 5 nitrogen and oxygen atoms in total. The average molecular weight is 334 g/mol. The van der Waals surface area contributed by atoms with E-state index in [2.05, 4.69) is 5.10 Å². The zero-order valence-electron chi connectivity index (χ0n) is 13.4. The van der Waals surface area contributed by atoms with Gasteiger partial charge in [0.05, 0.1) is 29.0 Å². The molecule has 1 aromatic carbocycles. The molecule has 0 aliphatic heterocycles. The van der Waals surface area contributed by atoms with Crippen LogP contribution in [0.25, 0.3) is 0 Å². The molecule has 1 atom stereocenters. The molecule has 0 fully saturated rings. The highest BCUT2D eigenvalue weighted by Gasteiger charge is 2.21. The highest BCUT2D eigenvalue weighted by Crippen LogP contribution is 2.22. The maximum atomic E-state index is 12.1. The molecule has 0 spiro atoms. The largest absolute Gasteiger partial charge is 0.393 e. The summed E-state index contributed by atoms with van der Waals surface area (Å²) in [5.41, 5.74) is 3.29. The predicted molar refractivity (Wildman–Crippen MR) is 88.1 cm³/mol. The molecule has 0 saturated carbocycles. The Bertz CT molecular complexity index is 792. The maximum absolute atomic E-state index is 12.1. The molecule has 3 rings (SSSR count). The van der Waals surface area contributed by atoms with Crippen molar-refractivity contribution in [3.8, 4) is 0 Å². The molecule has 0 amide bonds. The van der Waals surface area contributed by atoms with Crippen molar-refractivity contribution in [3.05, 3.63) is 47.3 Å². The second-order valence-corrected chi connectivity index (χ2v) is 8.91. The number of nitrogens with zero attached hydrogens (tertiary/aromatic N) is 2. The van der Waals surface area contributed by atoms with E-state index in [0.717, 1.165) is 24.1 Å². The van der Waals surface area contributed by atoms with Crippen LogP contribution in [0.4, 0.5) is 0 Å². The normalized spacial score (nSPS) is 18.2. The zero-order chi connectivity index (χ0) is 16.6. The standard InChI is InChI=1S/C17H22N2O3S/c1-12(2)23(21,22)16-7-3-13(4-8-16)11-19-17-9-15(20)6-5-14(17)10-18-19/h3-4,7-8,10,12,15,20H,5-6,9,11H2,1-2H3. The minimum atomic E-state index is -3.23. The number of sulfone groups is 1. The number of aromatic nitrogens is 2. The van der Waals surface area contributed by atoms with Gasteiger partial charge in [0.2, 0.25) is 0 Å². The average Bonchev–Trinajstić information content (AvgIpc) is 2.90. The Kier molecular flexibility index (Phi) is 4.29. The molecule has 124 valence electrons. The fourth-order valence-corrected chi connectivity index (χ4v) is 3.97. The van der Waals surface area contributed by atoms with Crippen molar-refractivity contribution in [3.63, 3.8) is 0 Å². The fourth-order valence-electron chi connectivity index (χ4n) is 2.91. The highest BCUT2D eigenvalue weighted by molar-refractivity contribution is 7.92. The van der Waals surface area contributed by atoms with E-state index in [9.17, 15) is 13.5 Å². The molecule has 0 saturated heterocycles. The molecule has 6 heteroatoms. The molecular formula is C17H22N2O3S. The minimum absolute atomic E-state index is 0.295. The lowest BCUT2D eigenvalue weighted by Crippen LogP contribution is -2.21. The molecule has 2 aromatic rings. The quantitative estimate of drug-likeness (QED) is 0.928. The first-order valence-corrected chi connectivity index (χ1v) is 9.47. The van der Waals surface area contributed by atoms with Gasteiger partial charge in [-0.25, -0.2) is 8.42 Å². The third kappa shape index (κ3) is 3.19. The van der Waals surface area contributed by atoms with E-state index in [0.29, 0.717) is 17.9 Å². The monoisotopic (exact) mass is 334 g/mol. The van der Waals surface area contributed by atoms with E-state index in [1.807, 2.05) is 23.0 Å². The molecule has 1 N–H and O–H groups in total. The first-order valence-electron chi connectivity index (χ1n) is 7.92. The van der Waals surface area contributed by atoms with Crippen LogP contribution < -0.4 is 0 Å². The molecule has 1 aromatic heterocycles. The van der Waals surface area contributed by atoms with Crippen molar-refractivity contribution in [1.82, 2.24) is 9.78 Å². The van der Waals surface area contributed by atoms with Crippen LogP contribution in [0.5, 0.6) is 0 Å². The van der Waals surface area contributed by atoms with Gasteiger partial charge in [0, 0.05) is 12.1 Å². The van der Waals surface area contributed by atoms with Gasteiger partial charge < -0.3 is 5.11 Å². The third-order valence-corrected chi connectivity index (χ3v) is 6.59. The summed E-state index contributed by atoms with van der Waals surface area (Å²) in [6.07, 6.45) is 3.87. The lowest BCUT2D eigenvalue weighted by atomic mass is 9.95. The molecule has 1 aliphatic rings. The van der Waals surface area contributed by atoms with Gasteiger partial charge in [-0.05, 0) is 49.9 Å². The minimum Gasteiger partial charge on any atom is -0.393 e. The van der Waals surface area contributed by atoms with E-state index < -0.39 is 15.1 Å². The molecule has 23 heavy (non-hydrogen) atoms. The summed E-state index contributed by atoms with van der Waals surface area (Å²) >= 11 is 0. The van der Waals surface area contributed by atoms with Crippen molar-refractivity contribution >= 4 is 9.84 Å². The van der Waals surface area contributed by atoms with Crippen molar-refractivity contribution in [2.45, 2.75) is 55.9 Å². The van der Waals surface area contributed by atoms with Crippen LogP contribution in [0.1, 0.15) is 37.1 Å². The summed E-state index contributed by atoms with van der Waals surface area (Å²) < 4.78 is 26.2. The predicted octanol–water partition coefficient (Wildman–Crippen LogP) is 1.96. The van der Waals surface area contributed by atoms with Crippen LogP contribution in [-0.2, 0) is 29.2 Å². The fraction of sp³-hybridized carbons (Fsp3) is 0.471. The number of hydrogen-bond acceptors (Lipinski definition) is 4. The number of aliphatic hydroxyl groups is 1. The highest BCUT2D eigenvalue weighted by atomic mass is 32.2. The Morgan fingerprint density at radius 1 is 1.30 bits per heavy atom. The second kappa shape index (κ2) is 6.09. The summed E-state index contributed by atoms with van der Waals surface area (Å²) in [4.78, 5) is 0.356. The lowest BCUT2D eigenvalue weighted by molar-refractivity contribution is 0.155. The van der Waals surface area contributed by atoms with Gasteiger partial charge in [-0.3, -0.25) is 4.68 Å². The van der Waals surface area contributed by atoms with Crippen LogP contribution in [0.15, 0.2) is 35.4 Å². The first kappa shape index (κ1) is 16.2. The summed E-state index contributed by atoms with van der Waals surface area (Å²) in [6.45, 7) is 3.96. The third-order valence-electron chi connectivity index (χ3n) is 4.42. The summed E-state index contributed by atoms with van der Waals surface area (Å²) in [5, 5.41) is 13.8. The summed E-state index contributed by atoms with van der Waals surface area (Å²) in [5.74, 6) is 0. The summed E-state index contributed by atoms with van der Waals surface area (Å²) in [7, 11) is -3.23. The van der Waals surface area contributed by atoms with Gasteiger partial charge in [-0.2, -0.15) is 5.10 Å². The van der Waals surface area contributed by atoms with E-state index in [4.69, 9.17) is 0 Å². The Morgan fingerprint density at radius 2 is 2.00 bits per heavy atom. The number of fused-ring (bicyclic) bond motifs is 1. The Labute approximate surface area is 136 Å². The number of hydrogen-bond donors (Lipinski definition) is 1. The van der Waals surface area contributed by atoms with Crippen LogP contribution in [0.2, 0.25) is 0 Å². The molecule has 1 unspecified atom stereocenters. The Morgan fingerprint density at radius 3 is 2.65 bits per heavy atom. The van der Waals surface area contributed by atoms with E-state index >= 15 is 0 Å². The molecule has 1 aliphatic carbocycles. The van der Waals surface area contributed by atoms with Crippen molar-refractivity contribution in [2.24, 2.45) is 0 Å². The molecule has 1 heterocycles. The topological polar surface area (TPSA) is 72.2 Å². The Balaban J connectivity index is 1.81. The lowest BCUT2D eigenvalue weighted by Gasteiger charge is -2.19. The first-order chi connectivity index (χ1) is 10.9. The van der Waals surface area contributed by atoms with Gasteiger partial charge in [-0.15, -0.1) is 0 Å². The van der Waals surface area contributed by atoms with E-state index in [1.165, 1.54) is 5.56 Å². The van der Waals surface area contributed by atoms with Gasteiger partial charge >= 0.3 is 0 Å². The van der Waals surface area contributed by atoms with Crippen molar-refractivity contribution in [2.75, 3.05) is 0 Å². The SMILES string of the molecule is CC(C)S(=O)(=O)c1ccc(Cn2ncc3c2CC(O)CC3)cc1. The summed E-state index contributed by atoms with van der Waals surface area (Å²) in [6, 6.07) is 7.00. The van der Waals surface area contributed by atoms with Crippen molar-refractivity contribution in [1.29, 1.82) is 0 Å². The molecule has 0 bridgehead atoms. The Hall–Kier alpha value is -1.66. The maximum Gasteiger partial charge on any atom is 0.180 e.